The first-order chi connectivity index (χ1) is 11.2. The first-order valence-corrected chi connectivity index (χ1v) is 8.59. The SMILES string of the molecule is C=CCCCN(C)C(=NCCc1ccc2c(c1)CCO2)NCC.I. The third-order valence-corrected chi connectivity index (χ3v) is 4.01. The van der Waals surface area contributed by atoms with Crippen molar-refractivity contribution < 1.29 is 4.74 Å². The van der Waals surface area contributed by atoms with Crippen LogP contribution in [-0.2, 0) is 12.8 Å². The number of ether oxygens (including phenoxy) is 1. The largest absolute Gasteiger partial charge is 0.493 e. The molecule has 0 spiro atoms. The van der Waals surface area contributed by atoms with Crippen molar-refractivity contribution in [1.82, 2.24) is 10.2 Å². The summed E-state index contributed by atoms with van der Waals surface area (Å²) in [6.07, 6.45) is 6.11. The maximum atomic E-state index is 5.56. The highest BCUT2D eigenvalue weighted by atomic mass is 127. The molecule has 134 valence electrons. The van der Waals surface area contributed by atoms with E-state index in [2.05, 4.69) is 49.0 Å². The third-order valence-electron chi connectivity index (χ3n) is 4.01. The zero-order valence-corrected chi connectivity index (χ0v) is 17.2. The predicted molar refractivity (Wildman–Crippen MR) is 113 cm³/mol. The van der Waals surface area contributed by atoms with Crippen molar-refractivity contribution in [3.63, 3.8) is 0 Å². The minimum Gasteiger partial charge on any atom is -0.493 e. The van der Waals surface area contributed by atoms with Gasteiger partial charge in [0.25, 0.3) is 0 Å². The number of benzene rings is 1. The average Bonchev–Trinajstić information content (AvgIpc) is 3.02. The number of hydrogen-bond donors (Lipinski definition) is 1. The van der Waals surface area contributed by atoms with Crippen LogP contribution in [0.5, 0.6) is 5.75 Å². The number of guanidine groups is 1. The lowest BCUT2D eigenvalue weighted by atomic mass is 10.1. The Morgan fingerprint density at radius 2 is 2.29 bits per heavy atom. The van der Waals surface area contributed by atoms with Crippen molar-refractivity contribution in [2.45, 2.75) is 32.6 Å². The van der Waals surface area contributed by atoms with E-state index in [9.17, 15) is 0 Å². The fraction of sp³-hybridized carbons (Fsp3) is 0.526. The summed E-state index contributed by atoms with van der Waals surface area (Å²) in [6, 6.07) is 6.51. The lowest BCUT2D eigenvalue weighted by Crippen LogP contribution is -2.39. The van der Waals surface area contributed by atoms with Crippen molar-refractivity contribution in [3.8, 4) is 5.75 Å². The molecular weight excluding hydrogens is 413 g/mol. The van der Waals surface area contributed by atoms with Gasteiger partial charge in [-0.2, -0.15) is 0 Å². The topological polar surface area (TPSA) is 36.9 Å². The quantitative estimate of drug-likeness (QED) is 0.219. The van der Waals surface area contributed by atoms with Crippen molar-refractivity contribution in [1.29, 1.82) is 0 Å². The zero-order valence-electron chi connectivity index (χ0n) is 14.9. The molecule has 1 aromatic carbocycles. The number of nitrogens with one attached hydrogen (secondary N) is 1. The number of unbranched alkanes of at least 4 members (excludes halogenated alkanes) is 1. The summed E-state index contributed by atoms with van der Waals surface area (Å²) in [5.41, 5.74) is 2.67. The highest BCUT2D eigenvalue weighted by Gasteiger charge is 2.11. The van der Waals surface area contributed by atoms with Gasteiger partial charge in [0, 0.05) is 33.1 Å². The Bertz CT molecular complexity index is 545. The smallest absolute Gasteiger partial charge is 0.193 e. The first-order valence-electron chi connectivity index (χ1n) is 8.59. The van der Waals surface area contributed by atoms with E-state index in [0.29, 0.717) is 0 Å². The summed E-state index contributed by atoms with van der Waals surface area (Å²) in [6.45, 7) is 9.38. The number of fused-ring (bicyclic) bond motifs is 1. The summed E-state index contributed by atoms with van der Waals surface area (Å²) in [5.74, 6) is 2.04. The van der Waals surface area contributed by atoms with Gasteiger partial charge in [-0.05, 0) is 43.4 Å². The zero-order chi connectivity index (χ0) is 16.5. The van der Waals surface area contributed by atoms with E-state index in [1.165, 1.54) is 11.1 Å². The van der Waals surface area contributed by atoms with E-state index in [-0.39, 0.29) is 24.0 Å². The molecule has 24 heavy (non-hydrogen) atoms. The van der Waals surface area contributed by atoms with Crippen molar-refractivity contribution in [3.05, 3.63) is 42.0 Å². The third kappa shape index (κ3) is 6.34. The number of nitrogens with zero attached hydrogens (tertiary/aromatic N) is 2. The van der Waals surface area contributed by atoms with Crippen LogP contribution in [0.3, 0.4) is 0 Å². The summed E-state index contributed by atoms with van der Waals surface area (Å²) < 4.78 is 5.56. The van der Waals surface area contributed by atoms with Crippen LogP contribution in [0.1, 0.15) is 30.9 Å². The lowest BCUT2D eigenvalue weighted by molar-refractivity contribution is 0.357. The average molecular weight is 443 g/mol. The van der Waals surface area contributed by atoms with Crippen LogP contribution in [0, 0.1) is 0 Å². The molecule has 0 unspecified atom stereocenters. The molecule has 1 N–H and O–H groups in total. The van der Waals surface area contributed by atoms with E-state index in [1.807, 2.05) is 6.08 Å². The second-order valence-electron chi connectivity index (χ2n) is 5.88. The molecule has 0 aromatic heterocycles. The van der Waals surface area contributed by atoms with Crippen LogP contribution in [0.4, 0.5) is 0 Å². The van der Waals surface area contributed by atoms with Gasteiger partial charge in [-0.3, -0.25) is 4.99 Å². The summed E-state index contributed by atoms with van der Waals surface area (Å²) in [5, 5.41) is 3.37. The molecule has 2 rings (SSSR count). The number of hydrogen-bond acceptors (Lipinski definition) is 2. The molecule has 0 amide bonds. The minimum atomic E-state index is 0. The van der Waals surface area contributed by atoms with Gasteiger partial charge in [0.05, 0.1) is 6.61 Å². The van der Waals surface area contributed by atoms with Crippen LogP contribution < -0.4 is 10.1 Å². The molecule has 0 bridgehead atoms. The number of rotatable bonds is 8. The van der Waals surface area contributed by atoms with Crippen LogP contribution in [0.15, 0.2) is 35.8 Å². The molecule has 0 saturated carbocycles. The van der Waals surface area contributed by atoms with Gasteiger partial charge in [0.1, 0.15) is 5.75 Å². The molecule has 5 heteroatoms. The molecule has 1 aliphatic heterocycles. The molecule has 0 saturated heterocycles. The molecule has 1 aromatic rings. The minimum absolute atomic E-state index is 0. The van der Waals surface area contributed by atoms with Gasteiger partial charge >= 0.3 is 0 Å². The van der Waals surface area contributed by atoms with Crippen LogP contribution >= 0.6 is 24.0 Å². The molecule has 0 aliphatic carbocycles. The first kappa shape index (κ1) is 20.8. The Kier molecular flexibility index (Phi) is 9.83. The van der Waals surface area contributed by atoms with Gasteiger partial charge in [-0.25, -0.2) is 0 Å². The Morgan fingerprint density at radius 3 is 3.04 bits per heavy atom. The lowest BCUT2D eigenvalue weighted by Gasteiger charge is -2.21. The molecule has 0 atom stereocenters. The fourth-order valence-electron chi connectivity index (χ4n) is 2.73. The van der Waals surface area contributed by atoms with E-state index in [0.717, 1.165) is 63.6 Å². The normalized spacial score (nSPS) is 12.8. The Morgan fingerprint density at radius 1 is 1.46 bits per heavy atom. The predicted octanol–water partition coefficient (Wildman–Crippen LogP) is 3.65. The second-order valence-corrected chi connectivity index (χ2v) is 5.88. The summed E-state index contributed by atoms with van der Waals surface area (Å²) >= 11 is 0. The molecule has 0 fully saturated rings. The maximum Gasteiger partial charge on any atom is 0.193 e. The van der Waals surface area contributed by atoms with Crippen LogP contribution in [0.25, 0.3) is 0 Å². The number of allylic oxidation sites excluding steroid dienone is 1. The molecule has 1 heterocycles. The molecule has 1 aliphatic rings. The van der Waals surface area contributed by atoms with Crippen molar-refractivity contribution >= 4 is 29.9 Å². The summed E-state index contributed by atoms with van der Waals surface area (Å²) in [7, 11) is 2.09. The highest BCUT2D eigenvalue weighted by molar-refractivity contribution is 14.0. The van der Waals surface area contributed by atoms with Crippen molar-refractivity contribution in [2.75, 3.05) is 33.3 Å². The second kappa shape index (κ2) is 11.3. The fourth-order valence-corrected chi connectivity index (χ4v) is 2.73. The summed E-state index contributed by atoms with van der Waals surface area (Å²) in [4.78, 5) is 6.95. The number of aliphatic imine (C=N–C) groups is 1. The monoisotopic (exact) mass is 443 g/mol. The molecule has 0 radical (unpaired) electrons. The van der Waals surface area contributed by atoms with Gasteiger partial charge in [0.2, 0.25) is 0 Å². The Hall–Kier alpha value is -1.24. The van der Waals surface area contributed by atoms with Crippen molar-refractivity contribution in [2.24, 2.45) is 4.99 Å². The highest BCUT2D eigenvalue weighted by Crippen LogP contribution is 2.25. The number of halogens is 1. The van der Waals surface area contributed by atoms with E-state index >= 15 is 0 Å². The standard InChI is InChI=1S/C19H29N3O.HI/c1-4-6-7-13-22(3)19(20-5-2)21-12-10-16-8-9-18-17(15-16)11-14-23-18;/h4,8-9,15H,1,5-7,10-14H2,2-3H3,(H,20,21);1H. The maximum absolute atomic E-state index is 5.56. The van der Waals surface area contributed by atoms with Crippen LogP contribution in [0.2, 0.25) is 0 Å². The van der Waals surface area contributed by atoms with Gasteiger partial charge in [-0.1, -0.05) is 18.2 Å². The van der Waals surface area contributed by atoms with Gasteiger partial charge in [0.15, 0.2) is 5.96 Å². The van der Waals surface area contributed by atoms with E-state index < -0.39 is 0 Å². The van der Waals surface area contributed by atoms with E-state index in [4.69, 9.17) is 9.73 Å². The Balaban J connectivity index is 0.00000288. The Labute approximate surface area is 163 Å². The van der Waals surface area contributed by atoms with Gasteiger partial charge in [-0.15, -0.1) is 30.6 Å². The van der Waals surface area contributed by atoms with E-state index in [1.54, 1.807) is 0 Å². The van der Waals surface area contributed by atoms with Gasteiger partial charge < -0.3 is 15.0 Å². The van der Waals surface area contributed by atoms with Crippen LogP contribution in [-0.4, -0.2) is 44.1 Å². The molecule has 4 nitrogen and oxygen atoms in total. The molecular formula is C19H30IN3O.